The average Bonchev–Trinajstić information content (AvgIpc) is 2.44. The second kappa shape index (κ2) is 6.75. The van der Waals surface area contributed by atoms with Crippen LogP contribution in [0.5, 0.6) is 0 Å². The molecule has 0 unspecified atom stereocenters. The molecule has 1 saturated carbocycles. The molecule has 0 atom stereocenters. The van der Waals surface area contributed by atoms with E-state index in [0.29, 0.717) is 12.0 Å². The second-order valence-electron chi connectivity index (χ2n) is 5.72. The third-order valence-corrected chi connectivity index (χ3v) is 4.42. The molecular weight excluding hydrogens is 252 g/mol. The fourth-order valence-corrected chi connectivity index (χ4v) is 2.68. The maximum atomic E-state index is 11.8. The second-order valence-corrected chi connectivity index (χ2v) is 5.72. The lowest BCUT2D eigenvalue weighted by Gasteiger charge is -2.41. The van der Waals surface area contributed by atoms with E-state index in [9.17, 15) is 4.79 Å². The van der Waals surface area contributed by atoms with Gasteiger partial charge in [-0.15, -0.1) is 0 Å². The van der Waals surface area contributed by atoms with Crippen LogP contribution in [-0.4, -0.2) is 17.7 Å². The Labute approximate surface area is 120 Å². The van der Waals surface area contributed by atoms with Crippen molar-refractivity contribution in [2.24, 2.45) is 5.41 Å². The normalized spacial score (nSPS) is 16.3. The number of urea groups is 1. The van der Waals surface area contributed by atoms with Gasteiger partial charge in [0.15, 0.2) is 0 Å². The molecule has 1 fully saturated rings. The van der Waals surface area contributed by atoms with Crippen molar-refractivity contribution < 1.29 is 9.90 Å². The molecule has 0 heterocycles. The van der Waals surface area contributed by atoms with Gasteiger partial charge in [0.05, 0.1) is 6.61 Å². The molecule has 0 spiro atoms. The first-order valence-corrected chi connectivity index (χ1v) is 7.38. The SMILES string of the molecule is CCC1(CNC(=O)NCc2cccc(CO)c2)CCC1. The summed E-state index contributed by atoms with van der Waals surface area (Å²) in [5.41, 5.74) is 2.21. The Hall–Kier alpha value is -1.55. The lowest BCUT2D eigenvalue weighted by molar-refractivity contribution is 0.126. The minimum absolute atomic E-state index is 0.0268. The highest BCUT2D eigenvalue weighted by molar-refractivity contribution is 5.73. The van der Waals surface area contributed by atoms with Crippen molar-refractivity contribution in [3.05, 3.63) is 35.4 Å². The van der Waals surface area contributed by atoms with E-state index in [0.717, 1.165) is 24.1 Å². The van der Waals surface area contributed by atoms with Crippen LogP contribution >= 0.6 is 0 Å². The molecule has 3 N–H and O–H groups in total. The van der Waals surface area contributed by atoms with Crippen LogP contribution in [0.1, 0.15) is 43.7 Å². The molecule has 0 saturated heterocycles. The molecule has 2 amide bonds. The molecule has 0 aromatic heterocycles. The van der Waals surface area contributed by atoms with Crippen LogP contribution < -0.4 is 10.6 Å². The highest BCUT2D eigenvalue weighted by atomic mass is 16.3. The zero-order valence-electron chi connectivity index (χ0n) is 12.1. The molecular formula is C16H24N2O2. The van der Waals surface area contributed by atoms with Crippen LogP contribution in [0, 0.1) is 5.41 Å². The number of benzene rings is 1. The number of rotatable bonds is 6. The highest BCUT2D eigenvalue weighted by Crippen LogP contribution is 2.42. The molecule has 0 bridgehead atoms. The van der Waals surface area contributed by atoms with Crippen LogP contribution in [-0.2, 0) is 13.2 Å². The number of hydrogen-bond donors (Lipinski definition) is 3. The third kappa shape index (κ3) is 3.73. The van der Waals surface area contributed by atoms with Crippen molar-refractivity contribution in [2.45, 2.75) is 45.8 Å². The third-order valence-electron chi connectivity index (χ3n) is 4.42. The predicted molar refractivity (Wildman–Crippen MR) is 79.2 cm³/mol. The summed E-state index contributed by atoms with van der Waals surface area (Å²) in [6.07, 6.45) is 4.86. The van der Waals surface area contributed by atoms with Gasteiger partial charge in [-0.3, -0.25) is 0 Å². The molecule has 110 valence electrons. The summed E-state index contributed by atoms with van der Waals surface area (Å²) >= 11 is 0. The smallest absolute Gasteiger partial charge is 0.315 e. The molecule has 1 aliphatic carbocycles. The number of aliphatic hydroxyl groups is 1. The van der Waals surface area contributed by atoms with Gasteiger partial charge < -0.3 is 15.7 Å². The zero-order valence-corrected chi connectivity index (χ0v) is 12.1. The monoisotopic (exact) mass is 276 g/mol. The first-order valence-electron chi connectivity index (χ1n) is 7.38. The Morgan fingerprint density at radius 2 is 2.05 bits per heavy atom. The largest absolute Gasteiger partial charge is 0.392 e. The van der Waals surface area contributed by atoms with Crippen LogP contribution in [0.25, 0.3) is 0 Å². The van der Waals surface area contributed by atoms with Crippen molar-refractivity contribution in [1.29, 1.82) is 0 Å². The quantitative estimate of drug-likeness (QED) is 0.748. The van der Waals surface area contributed by atoms with Gasteiger partial charge in [-0.25, -0.2) is 4.79 Å². The molecule has 4 nitrogen and oxygen atoms in total. The van der Waals surface area contributed by atoms with Gasteiger partial charge in [-0.2, -0.15) is 0 Å². The number of carbonyl (C=O) groups is 1. The van der Waals surface area contributed by atoms with E-state index in [1.54, 1.807) is 0 Å². The molecule has 1 aliphatic rings. The van der Waals surface area contributed by atoms with E-state index in [1.807, 2.05) is 24.3 Å². The zero-order chi connectivity index (χ0) is 14.4. The summed E-state index contributed by atoms with van der Waals surface area (Å²) in [4.78, 5) is 11.8. The van der Waals surface area contributed by atoms with Gasteiger partial charge in [-0.1, -0.05) is 37.6 Å². The van der Waals surface area contributed by atoms with Gasteiger partial charge in [0.25, 0.3) is 0 Å². The topological polar surface area (TPSA) is 61.4 Å². The maximum absolute atomic E-state index is 11.8. The van der Waals surface area contributed by atoms with E-state index in [2.05, 4.69) is 17.6 Å². The number of aliphatic hydroxyl groups excluding tert-OH is 1. The van der Waals surface area contributed by atoms with Crippen LogP contribution in [0.2, 0.25) is 0 Å². The molecule has 1 aromatic carbocycles. The van der Waals surface area contributed by atoms with Gasteiger partial charge in [0.1, 0.15) is 0 Å². The summed E-state index contributed by atoms with van der Waals surface area (Å²) in [5, 5.41) is 14.9. The Morgan fingerprint density at radius 1 is 1.30 bits per heavy atom. The van der Waals surface area contributed by atoms with E-state index >= 15 is 0 Å². The van der Waals surface area contributed by atoms with Gasteiger partial charge in [-0.05, 0) is 35.8 Å². The summed E-state index contributed by atoms with van der Waals surface area (Å²) < 4.78 is 0. The minimum Gasteiger partial charge on any atom is -0.392 e. The number of nitrogens with one attached hydrogen (secondary N) is 2. The number of amides is 2. The van der Waals surface area contributed by atoms with Crippen molar-refractivity contribution in [3.63, 3.8) is 0 Å². The first-order chi connectivity index (χ1) is 9.67. The molecule has 2 rings (SSSR count). The van der Waals surface area contributed by atoms with E-state index in [1.165, 1.54) is 19.3 Å². The van der Waals surface area contributed by atoms with Gasteiger partial charge >= 0.3 is 6.03 Å². The molecule has 1 aromatic rings. The van der Waals surface area contributed by atoms with E-state index in [4.69, 9.17) is 5.11 Å². The molecule has 0 aliphatic heterocycles. The lowest BCUT2D eigenvalue weighted by atomic mass is 9.67. The molecule has 4 heteroatoms. The van der Waals surface area contributed by atoms with Crippen LogP contribution in [0.3, 0.4) is 0 Å². The fraction of sp³-hybridized carbons (Fsp3) is 0.562. The lowest BCUT2D eigenvalue weighted by Crippen LogP contribution is -2.45. The van der Waals surface area contributed by atoms with Crippen molar-refractivity contribution in [1.82, 2.24) is 10.6 Å². The Morgan fingerprint density at radius 3 is 2.65 bits per heavy atom. The summed E-state index contributed by atoms with van der Waals surface area (Å²) in [7, 11) is 0. The Kier molecular flexibility index (Phi) is 5.01. The number of carbonyl (C=O) groups excluding carboxylic acids is 1. The summed E-state index contributed by atoms with van der Waals surface area (Å²) in [6.45, 7) is 3.48. The van der Waals surface area contributed by atoms with E-state index in [-0.39, 0.29) is 12.6 Å². The van der Waals surface area contributed by atoms with Gasteiger partial charge in [0.2, 0.25) is 0 Å². The maximum Gasteiger partial charge on any atom is 0.315 e. The molecule has 20 heavy (non-hydrogen) atoms. The standard InChI is InChI=1S/C16H24N2O2/c1-2-16(7-4-8-16)12-18-15(20)17-10-13-5-3-6-14(9-13)11-19/h3,5-6,9,19H,2,4,7-8,10-12H2,1H3,(H2,17,18,20). The Bertz CT molecular complexity index is 450. The summed E-state index contributed by atoms with van der Waals surface area (Å²) in [5.74, 6) is 0. The Balaban J connectivity index is 1.74. The van der Waals surface area contributed by atoms with Crippen LogP contribution in [0.15, 0.2) is 24.3 Å². The van der Waals surface area contributed by atoms with Crippen LogP contribution in [0.4, 0.5) is 4.79 Å². The van der Waals surface area contributed by atoms with Crippen molar-refractivity contribution >= 4 is 6.03 Å². The number of hydrogen-bond acceptors (Lipinski definition) is 2. The summed E-state index contributed by atoms with van der Waals surface area (Å²) in [6, 6.07) is 7.49. The first kappa shape index (κ1) is 14.9. The average molecular weight is 276 g/mol. The highest BCUT2D eigenvalue weighted by Gasteiger charge is 2.35. The van der Waals surface area contributed by atoms with Crippen molar-refractivity contribution in [3.8, 4) is 0 Å². The predicted octanol–water partition coefficient (Wildman–Crippen LogP) is 2.56. The van der Waals surface area contributed by atoms with Crippen molar-refractivity contribution in [2.75, 3.05) is 6.54 Å². The minimum atomic E-state index is -0.112. The van der Waals surface area contributed by atoms with E-state index < -0.39 is 0 Å². The van der Waals surface area contributed by atoms with Gasteiger partial charge in [0, 0.05) is 13.1 Å². The molecule has 0 radical (unpaired) electrons. The fourth-order valence-electron chi connectivity index (χ4n) is 2.68.